The topological polar surface area (TPSA) is 42.7 Å². The second kappa shape index (κ2) is 4.88. The van der Waals surface area contributed by atoms with E-state index < -0.39 is 0 Å². The highest BCUT2D eigenvalue weighted by Crippen LogP contribution is 2.27. The molecule has 94 valence electrons. The molecule has 2 aromatic rings. The lowest BCUT2D eigenvalue weighted by molar-refractivity contribution is 0.671. The van der Waals surface area contributed by atoms with Crippen LogP contribution >= 0.6 is 23.2 Å². The molecule has 0 atom stereocenters. The van der Waals surface area contributed by atoms with Gasteiger partial charge in [-0.1, -0.05) is 34.5 Å². The summed E-state index contributed by atoms with van der Waals surface area (Å²) in [5.41, 5.74) is 1.65. The standard InChI is InChI=1S/C12H12Cl2N4/c13-10-2-1-3-11(12(10)14)18-7-9(16-17-18)6-15-8-4-5-8/h1-3,7-8,15H,4-6H2. The molecule has 1 aliphatic rings. The van der Waals surface area contributed by atoms with Crippen molar-refractivity contribution >= 4 is 23.2 Å². The molecule has 0 aliphatic heterocycles. The van der Waals surface area contributed by atoms with Crippen molar-refractivity contribution in [3.05, 3.63) is 40.1 Å². The molecule has 4 nitrogen and oxygen atoms in total. The van der Waals surface area contributed by atoms with Crippen molar-refractivity contribution in [1.82, 2.24) is 20.3 Å². The first-order chi connectivity index (χ1) is 8.74. The van der Waals surface area contributed by atoms with Crippen LogP contribution in [-0.2, 0) is 6.54 Å². The summed E-state index contributed by atoms with van der Waals surface area (Å²) in [5.74, 6) is 0. The summed E-state index contributed by atoms with van der Waals surface area (Å²) in [4.78, 5) is 0. The molecule has 1 saturated carbocycles. The summed E-state index contributed by atoms with van der Waals surface area (Å²) in [6.07, 6.45) is 4.38. The molecule has 0 unspecified atom stereocenters. The van der Waals surface area contributed by atoms with Crippen LogP contribution in [0, 0.1) is 0 Å². The zero-order valence-corrected chi connectivity index (χ0v) is 11.1. The van der Waals surface area contributed by atoms with Gasteiger partial charge in [-0.3, -0.25) is 0 Å². The molecule has 3 rings (SSSR count). The summed E-state index contributed by atoms with van der Waals surface area (Å²) < 4.78 is 1.65. The van der Waals surface area contributed by atoms with Gasteiger partial charge in [-0.25, -0.2) is 4.68 Å². The minimum atomic E-state index is 0.491. The van der Waals surface area contributed by atoms with Crippen LogP contribution in [0.25, 0.3) is 5.69 Å². The number of nitrogens with zero attached hydrogens (tertiary/aromatic N) is 3. The molecule has 1 heterocycles. The van der Waals surface area contributed by atoms with E-state index in [1.807, 2.05) is 18.3 Å². The van der Waals surface area contributed by atoms with Gasteiger partial charge in [-0.2, -0.15) is 0 Å². The van der Waals surface area contributed by atoms with Gasteiger partial charge in [0, 0.05) is 12.6 Å². The second-order valence-corrected chi connectivity index (χ2v) is 5.17. The molecule has 0 amide bonds. The highest BCUT2D eigenvalue weighted by molar-refractivity contribution is 6.43. The van der Waals surface area contributed by atoms with Crippen LogP contribution in [0.15, 0.2) is 24.4 Å². The number of hydrogen-bond donors (Lipinski definition) is 1. The quantitative estimate of drug-likeness (QED) is 0.938. The fourth-order valence-corrected chi connectivity index (χ4v) is 2.08. The van der Waals surface area contributed by atoms with Crippen LogP contribution in [0.1, 0.15) is 18.5 Å². The van der Waals surface area contributed by atoms with Crippen LogP contribution in [-0.4, -0.2) is 21.0 Å². The molecular weight excluding hydrogens is 271 g/mol. The van der Waals surface area contributed by atoms with Crippen molar-refractivity contribution in [2.45, 2.75) is 25.4 Å². The van der Waals surface area contributed by atoms with Crippen LogP contribution in [0.2, 0.25) is 10.0 Å². The Labute approximate surface area is 115 Å². The van der Waals surface area contributed by atoms with E-state index in [0.29, 0.717) is 16.1 Å². The minimum absolute atomic E-state index is 0.491. The Morgan fingerprint density at radius 1 is 1.33 bits per heavy atom. The third-order valence-corrected chi connectivity index (χ3v) is 3.68. The zero-order valence-electron chi connectivity index (χ0n) is 9.61. The van der Waals surface area contributed by atoms with Gasteiger partial charge < -0.3 is 5.32 Å². The Bertz CT molecular complexity index is 563. The predicted molar refractivity (Wildman–Crippen MR) is 71.2 cm³/mol. The lowest BCUT2D eigenvalue weighted by Gasteiger charge is -2.03. The molecular formula is C12H12Cl2N4. The summed E-state index contributed by atoms with van der Waals surface area (Å²) in [6.45, 7) is 0.739. The molecule has 1 N–H and O–H groups in total. The average Bonchev–Trinajstić information content (AvgIpc) is 3.08. The van der Waals surface area contributed by atoms with Gasteiger partial charge >= 0.3 is 0 Å². The lowest BCUT2D eigenvalue weighted by Crippen LogP contribution is -2.15. The van der Waals surface area contributed by atoms with Gasteiger partial charge in [-0.05, 0) is 25.0 Å². The fourth-order valence-electron chi connectivity index (χ4n) is 1.70. The molecule has 0 saturated heterocycles. The van der Waals surface area contributed by atoms with Gasteiger partial charge in [0.2, 0.25) is 0 Å². The van der Waals surface area contributed by atoms with Gasteiger partial charge in [0.15, 0.2) is 0 Å². The third kappa shape index (κ3) is 2.51. The molecule has 0 spiro atoms. The number of nitrogens with one attached hydrogen (secondary N) is 1. The maximum atomic E-state index is 6.14. The average molecular weight is 283 g/mol. The van der Waals surface area contributed by atoms with E-state index in [2.05, 4.69) is 15.6 Å². The van der Waals surface area contributed by atoms with E-state index >= 15 is 0 Å². The molecule has 0 radical (unpaired) electrons. The SMILES string of the molecule is Clc1cccc(-n2cc(CNC3CC3)nn2)c1Cl. The Morgan fingerprint density at radius 2 is 2.17 bits per heavy atom. The van der Waals surface area contributed by atoms with E-state index in [-0.39, 0.29) is 0 Å². The Balaban J connectivity index is 1.80. The maximum Gasteiger partial charge on any atom is 0.0969 e. The molecule has 1 aromatic heterocycles. The summed E-state index contributed by atoms with van der Waals surface area (Å²) in [6, 6.07) is 6.11. The van der Waals surface area contributed by atoms with Gasteiger partial charge in [0.25, 0.3) is 0 Å². The highest BCUT2D eigenvalue weighted by Gasteiger charge is 2.20. The third-order valence-electron chi connectivity index (χ3n) is 2.87. The van der Waals surface area contributed by atoms with Crippen molar-refractivity contribution in [1.29, 1.82) is 0 Å². The Kier molecular flexibility index (Phi) is 3.24. The molecule has 0 bridgehead atoms. The van der Waals surface area contributed by atoms with E-state index in [1.54, 1.807) is 10.7 Å². The van der Waals surface area contributed by atoms with Crippen LogP contribution in [0.3, 0.4) is 0 Å². The van der Waals surface area contributed by atoms with Crippen molar-refractivity contribution in [2.24, 2.45) is 0 Å². The van der Waals surface area contributed by atoms with Crippen LogP contribution in [0.4, 0.5) is 0 Å². The zero-order chi connectivity index (χ0) is 12.5. The van der Waals surface area contributed by atoms with E-state index in [4.69, 9.17) is 23.2 Å². The van der Waals surface area contributed by atoms with Crippen LogP contribution in [0.5, 0.6) is 0 Å². The number of aromatic nitrogens is 3. The molecule has 1 aliphatic carbocycles. The smallest absolute Gasteiger partial charge is 0.0969 e. The maximum absolute atomic E-state index is 6.14. The van der Waals surface area contributed by atoms with E-state index in [1.165, 1.54) is 12.8 Å². The summed E-state index contributed by atoms with van der Waals surface area (Å²) in [7, 11) is 0. The van der Waals surface area contributed by atoms with Crippen molar-refractivity contribution in [3.63, 3.8) is 0 Å². The molecule has 18 heavy (non-hydrogen) atoms. The molecule has 6 heteroatoms. The first-order valence-electron chi connectivity index (χ1n) is 5.83. The number of hydrogen-bond acceptors (Lipinski definition) is 3. The molecule has 1 fully saturated rings. The second-order valence-electron chi connectivity index (χ2n) is 4.38. The largest absolute Gasteiger partial charge is 0.308 e. The highest BCUT2D eigenvalue weighted by atomic mass is 35.5. The van der Waals surface area contributed by atoms with Crippen molar-refractivity contribution in [2.75, 3.05) is 0 Å². The van der Waals surface area contributed by atoms with E-state index in [0.717, 1.165) is 17.9 Å². The van der Waals surface area contributed by atoms with E-state index in [9.17, 15) is 0 Å². The predicted octanol–water partition coefficient (Wildman–Crippen LogP) is 2.83. The van der Waals surface area contributed by atoms with Gasteiger partial charge in [0.1, 0.15) is 0 Å². The first kappa shape index (κ1) is 12.0. The number of halogens is 2. The number of rotatable bonds is 4. The first-order valence-corrected chi connectivity index (χ1v) is 6.58. The monoisotopic (exact) mass is 282 g/mol. The minimum Gasteiger partial charge on any atom is -0.308 e. The van der Waals surface area contributed by atoms with Gasteiger partial charge in [0.05, 0.1) is 27.6 Å². The summed E-state index contributed by atoms with van der Waals surface area (Å²) >= 11 is 12.1. The lowest BCUT2D eigenvalue weighted by atomic mass is 10.3. The van der Waals surface area contributed by atoms with Crippen LogP contribution < -0.4 is 5.32 Å². The van der Waals surface area contributed by atoms with Gasteiger partial charge in [-0.15, -0.1) is 5.10 Å². The fraction of sp³-hybridized carbons (Fsp3) is 0.333. The molecule has 1 aromatic carbocycles. The normalized spacial score (nSPS) is 15.0. The summed E-state index contributed by atoms with van der Waals surface area (Å²) in [5, 5.41) is 12.6. The Morgan fingerprint density at radius 3 is 2.94 bits per heavy atom. The van der Waals surface area contributed by atoms with Crippen molar-refractivity contribution in [3.8, 4) is 5.69 Å². The number of benzene rings is 1. The van der Waals surface area contributed by atoms with Crippen molar-refractivity contribution < 1.29 is 0 Å². The Hall–Kier alpha value is -1.10.